The van der Waals surface area contributed by atoms with Crippen LogP contribution in [-0.2, 0) is 14.8 Å². The van der Waals surface area contributed by atoms with Gasteiger partial charge in [-0.3, -0.25) is 9.10 Å². The Morgan fingerprint density at radius 3 is 2.18 bits per heavy atom. The van der Waals surface area contributed by atoms with Gasteiger partial charge in [-0.15, -0.1) is 0 Å². The van der Waals surface area contributed by atoms with E-state index in [-0.39, 0.29) is 4.90 Å². The zero-order valence-corrected chi connectivity index (χ0v) is 20.1. The highest BCUT2D eigenvalue weighted by atomic mass is 32.2. The van der Waals surface area contributed by atoms with Crippen LogP contribution >= 0.6 is 0 Å². The number of anilines is 1. The summed E-state index contributed by atoms with van der Waals surface area (Å²) in [6, 6.07) is 20.1. The number of benzene rings is 3. The number of rotatable bonds is 10. The number of sulfonamides is 1. The Bertz CT molecular complexity index is 1220. The van der Waals surface area contributed by atoms with Gasteiger partial charge in [-0.1, -0.05) is 17.7 Å². The first kappa shape index (κ1) is 24.8. The van der Waals surface area contributed by atoms with Gasteiger partial charge in [0.15, 0.2) is 0 Å². The summed E-state index contributed by atoms with van der Waals surface area (Å²) in [6.45, 7) is 3.76. The molecule has 0 radical (unpaired) electrons. The van der Waals surface area contributed by atoms with Gasteiger partial charge in [0.25, 0.3) is 15.9 Å². The molecule has 34 heavy (non-hydrogen) atoms. The fourth-order valence-corrected chi connectivity index (χ4v) is 4.48. The van der Waals surface area contributed by atoms with Gasteiger partial charge in [0.1, 0.15) is 18.0 Å². The Morgan fingerprint density at radius 2 is 1.59 bits per heavy atom. The third-order valence-corrected chi connectivity index (χ3v) is 6.64. The number of hydrogen-bond donors (Lipinski definition) is 1. The van der Waals surface area contributed by atoms with E-state index < -0.39 is 22.5 Å². The van der Waals surface area contributed by atoms with Gasteiger partial charge in [0.05, 0.1) is 30.5 Å². The normalized spacial score (nSPS) is 11.3. The molecule has 8 nitrogen and oxygen atoms in total. The van der Waals surface area contributed by atoms with Crippen LogP contribution in [0.3, 0.4) is 0 Å². The molecular formula is C25H27N3O5S. The molecule has 9 heteroatoms. The number of carbonyl (C=O) groups excluding carboxylic acids is 1. The third kappa shape index (κ3) is 6.35. The van der Waals surface area contributed by atoms with Crippen LogP contribution in [0.1, 0.15) is 18.1 Å². The largest absolute Gasteiger partial charge is 0.497 e. The average molecular weight is 482 g/mol. The maximum Gasteiger partial charge on any atom is 0.264 e. The summed E-state index contributed by atoms with van der Waals surface area (Å²) in [7, 11) is -2.44. The predicted molar refractivity (Wildman–Crippen MR) is 132 cm³/mol. The number of nitrogens with one attached hydrogen (secondary N) is 1. The van der Waals surface area contributed by atoms with E-state index in [9.17, 15) is 13.2 Å². The smallest absolute Gasteiger partial charge is 0.264 e. The molecule has 0 saturated carbocycles. The second-order valence-corrected chi connectivity index (χ2v) is 9.18. The second kappa shape index (κ2) is 11.3. The minimum absolute atomic E-state index is 0.0847. The third-order valence-electron chi connectivity index (χ3n) is 4.85. The summed E-state index contributed by atoms with van der Waals surface area (Å²) in [5, 5.41) is 3.94. The van der Waals surface area contributed by atoms with Crippen molar-refractivity contribution < 1.29 is 22.7 Å². The lowest BCUT2D eigenvalue weighted by Crippen LogP contribution is -2.39. The predicted octanol–water partition coefficient (Wildman–Crippen LogP) is 3.75. The summed E-state index contributed by atoms with van der Waals surface area (Å²) in [6.07, 6.45) is 1.47. The SMILES string of the molecule is CCOc1ccc(N(CC(=O)N/N=C/c2ccc(OC)cc2)S(=O)(=O)c2ccc(C)cc2)cc1. The standard InChI is InChI=1S/C25H27N3O5S/c1-4-33-23-13-9-21(10-14-23)28(34(30,31)24-15-5-19(2)6-16-24)18-25(29)27-26-17-20-7-11-22(32-3)12-8-20/h5-17H,4,18H2,1-3H3,(H,27,29)/b26-17+. The number of ether oxygens (including phenoxy) is 2. The van der Waals surface area contributed by atoms with Crippen molar-refractivity contribution in [2.75, 3.05) is 24.6 Å². The van der Waals surface area contributed by atoms with E-state index >= 15 is 0 Å². The molecule has 0 fully saturated rings. The van der Waals surface area contributed by atoms with E-state index in [1.165, 1.54) is 18.3 Å². The molecule has 0 aliphatic carbocycles. The molecule has 1 N–H and O–H groups in total. The van der Waals surface area contributed by atoms with Crippen molar-refractivity contribution in [2.24, 2.45) is 5.10 Å². The first-order chi connectivity index (χ1) is 16.3. The van der Waals surface area contributed by atoms with E-state index in [0.717, 1.165) is 15.4 Å². The lowest BCUT2D eigenvalue weighted by Gasteiger charge is -2.24. The van der Waals surface area contributed by atoms with Crippen molar-refractivity contribution >= 4 is 27.8 Å². The minimum atomic E-state index is -4.01. The average Bonchev–Trinajstić information content (AvgIpc) is 2.84. The maximum atomic E-state index is 13.4. The first-order valence-electron chi connectivity index (χ1n) is 10.6. The van der Waals surface area contributed by atoms with Crippen LogP contribution in [-0.4, -0.2) is 40.8 Å². The number of nitrogens with zero attached hydrogens (tertiary/aromatic N) is 2. The van der Waals surface area contributed by atoms with Gasteiger partial charge in [-0.25, -0.2) is 13.8 Å². The van der Waals surface area contributed by atoms with Gasteiger partial charge in [-0.05, 0) is 80.1 Å². The van der Waals surface area contributed by atoms with Crippen molar-refractivity contribution in [2.45, 2.75) is 18.7 Å². The molecule has 3 rings (SSSR count). The highest BCUT2D eigenvalue weighted by Gasteiger charge is 2.27. The molecule has 0 unspecified atom stereocenters. The lowest BCUT2D eigenvalue weighted by atomic mass is 10.2. The summed E-state index contributed by atoms with van der Waals surface area (Å²) < 4.78 is 38.4. The van der Waals surface area contributed by atoms with Gasteiger partial charge < -0.3 is 9.47 Å². The number of amides is 1. The maximum absolute atomic E-state index is 13.4. The molecule has 0 atom stereocenters. The molecular weight excluding hydrogens is 454 g/mol. The zero-order chi connectivity index (χ0) is 24.6. The molecule has 0 bridgehead atoms. The Morgan fingerprint density at radius 1 is 0.971 bits per heavy atom. The summed E-state index contributed by atoms with van der Waals surface area (Å²) in [5.41, 5.74) is 4.40. The molecule has 178 valence electrons. The molecule has 1 amide bonds. The Balaban J connectivity index is 1.81. The quantitative estimate of drug-likeness (QED) is 0.351. The van der Waals surface area contributed by atoms with Gasteiger partial charge in [0, 0.05) is 0 Å². The van der Waals surface area contributed by atoms with E-state index in [1.54, 1.807) is 67.8 Å². The van der Waals surface area contributed by atoms with Gasteiger partial charge >= 0.3 is 0 Å². The topological polar surface area (TPSA) is 97.3 Å². The Labute approximate surface area is 199 Å². The van der Waals surface area contributed by atoms with E-state index in [1.807, 2.05) is 13.8 Å². The van der Waals surface area contributed by atoms with Crippen LogP contribution < -0.4 is 19.2 Å². The van der Waals surface area contributed by atoms with E-state index in [2.05, 4.69) is 10.5 Å². The van der Waals surface area contributed by atoms with Crippen LogP contribution in [0.2, 0.25) is 0 Å². The Hall–Kier alpha value is -3.85. The zero-order valence-electron chi connectivity index (χ0n) is 19.3. The van der Waals surface area contributed by atoms with Crippen molar-refractivity contribution in [3.63, 3.8) is 0 Å². The molecule has 3 aromatic carbocycles. The lowest BCUT2D eigenvalue weighted by molar-refractivity contribution is -0.119. The number of carbonyl (C=O) groups is 1. The van der Waals surface area contributed by atoms with Crippen LogP contribution in [0.4, 0.5) is 5.69 Å². The monoisotopic (exact) mass is 481 g/mol. The molecule has 0 aliphatic heterocycles. The van der Waals surface area contributed by atoms with Gasteiger partial charge in [-0.2, -0.15) is 5.10 Å². The summed E-state index contributed by atoms with van der Waals surface area (Å²) in [5.74, 6) is 0.718. The molecule has 0 aliphatic rings. The number of hydrogen-bond acceptors (Lipinski definition) is 6. The van der Waals surface area contributed by atoms with Crippen LogP contribution in [0.15, 0.2) is 82.8 Å². The molecule has 3 aromatic rings. The van der Waals surface area contributed by atoms with Crippen molar-refractivity contribution in [3.8, 4) is 11.5 Å². The summed E-state index contributed by atoms with van der Waals surface area (Å²) >= 11 is 0. The van der Waals surface area contributed by atoms with Gasteiger partial charge in [0.2, 0.25) is 0 Å². The van der Waals surface area contributed by atoms with E-state index in [0.29, 0.717) is 23.8 Å². The van der Waals surface area contributed by atoms with Crippen molar-refractivity contribution in [1.82, 2.24) is 5.43 Å². The first-order valence-corrected chi connectivity index (χ1v) is 12.1. The molecule has 0 saturated heterocycles. The fourth-order valence-electron chi connectivity index (χ4n) is 3.06. The summed E-state index contributed by atoms with van der Waals surface area (Å²) in [4.78, 5) is 12.7. The fraction of sp³-hybridized carbons (Fsp3) is 0.200. The van der Waals surface area contributed by atoms with Crippen molar-refractivity contribution in [1.29, 1.82) is 0 Å². The van der Waals surface area contributed by atoms with Crippen LogP contribution in [0.5, 0.6) is 11.5 Å². The number of hydrazone groups is 1. The van der Waals surface area contributed by atoms with Crippen LogP contribution in [0.25, 0.3) is 0 Å². The minimum Gasteiger partial charge on any atom is -0.497 e. The Kier molecular flexibility index (Phi) is 8.26. The molecule has 0 spiro atoms. The number of methoxy groups -OCH3 is 1. The number of aryl methyl sites for hydroxylation is 1. The van der Waals surface area contributed by atoms with Crippen molar-refractivity contribution in [3.05, 3.63) is 83.9 Å². The highest BCUT2D eigenvalue weighted by molar-refractivity contribution is 7.92. The molecule has 0 aromatic heterocycles. The highest BCUT2D eigenvalue weighted by Crippen LogP contribution is 2.26. The van der Waals surface area contributed by atoms with Crippen LogP contribution in [0, 0.1) is 6.92 Å². The molecule has 0 heterocycles. The second-order valence-electron chi connectivity index (χ2n) is 7.32. The van der Waals surface area contributed by atoms with E-state index in [4.69, 9.17) is 9.47 Å².